The Bertz CT molecular complexity index is 502. The first-order valence-corrected chi connectivity index (χ1v) is 9.50. The number of aromatic nitrogens is 3. The van der Waals surface area contributed by atoms with Crippen molar-refractivity contribution >= 4 is 7.60 Å². The molecule has 7 nitrogen and oxygen atoms in total. The second-order valence-corrected chi connectivity index (χ2v) is 7.05. The Morgan fingerprint density at radius 2 is 2.00 bits per heavy atom. The fourth-order valence-electron chi connectivity index (χ4n) is 2.05. The van der Waals surface area contributed by atoms with Crippen LogP contribution in [0.4, 0.5) is 0 Å². The lowest BCUT2D eigenvalue weighted by Gasteiger charge is -2.16. The van der Waals surface area contributed by atoms with Crippen LogP contribution in [0.25, 0.3) is 0 Å². The van der Waals surface area contributed by atoms with E-state index in [4.69, 9.17) is 14.3 Å². The summed E-state index contributed by atoms with van der Waals surface area (Å²) in [7, 11) is -2.96. The van der Waals surface area contributed by atoms with Gasteiger partial charge in [-0.25, -0.2) is 0 Å². The Morgan fingerprint density at radius 1 is 1.27 bits per heavy atom. The monoisotopic (exact) mass is 328 g/mol. The number of hydrogen-bond donors (Lipinski definition) is 0. The third-order valence-corrected chi connectivity index (χ3v) is 5.20. The largest absolute Gasteiger partial charge is 0.330 e. The lowest BCUT2D eigenvalue weighted by Crippen LogP contribution is -2.01. The van der Waals surface area contributed by atoms with Gasteiger partial charge in [0.1, 0.15) is 0 Å². The first-order valence-electron chi connectivity index (χ1n) is 7.77. The molecule has 0 saturated carbocycles. The summed E-state index contributed by atoms with van der Waals surface area (Å²) in [5.41, 5.74) is 0.875. The van der Waals surface area contributed by atoms with Crippen molar-refractivity contribution in [1.82, 2.24) is 15.0 Å². The third kappa shape index (κ3) is 7.17. The van der Waals surface area contributed by atoms with E-state index in [-0.39, 0.29) is 0 Å². The Morgan fingerprint density at radius 3 is 2.64 bits per heavy atom. The zero-order valence-corrected chi connectivity index (χ0v) is 14.3. The minimum absolute atomic E-state index is 0.385. The van der Waals surface area contributed by atoms with Gasteiger partial charge >= 0.3 is 7.60 Å². The summed E-state index contributed by atoms with van der Waals surface area (Å²) >= 11 is 0. The van der Waals surface area contributed by atoms with Crippen LogP contribution >= 0.6 is 7.60 Å². The molecule has 124 valence electrons. The molecule has 22 heavy (non-hydrogen) atoms. The van der Waals surface area contributed by atoms with Gasteiger partial charge in [-0.2, -0.15) is 5.26 Å². The Kier molecular flexibility index (Phi) is 8.98. The average Bonchev–Trinajstić information content (AvgIpc) is 2.92. The van der Waals surface area contributed by atoms with Crippen molar-refractivity contribution in [2.75, 3.05) is 19.4 Å². The molecule has 1 aromatic heterocycles. The number of nitrogens with zero attached hydrogens (tertiary/aromatic N) is 4. The second kappa shape index (κ2) is 10.5. The smallest absolute Gasteiger partial charge is 0.309 e. The highest BCUT2D eigenvalue weighted by Gasteiger charge is 2.22. The van der Waals surface area contributed by atoms with E-state index >= 15 is 0 Å². The van der Waals surface area contributed by atoms with Gasteiger partial charge in [0.25, 0.3) is 0 Å². The van der Waals surface area contributed by atoms with Crippen LogP contribution in [0.15, 0.2) is 6.20 Å². The van der Waals surface area contributed by atoms with E-state index < -0.39 is 7.60 Å². The second-order valence-electron chi connectivity index (χ2n) is 4.86. The van der Waals surface area contributed by atoms with Crippen molar-refractivity contribution < 1.29 is 13.6 Å². The van der Waals surface area contributed by atoms with Crippen molar-refractivity contribution in [2.45, 2.75) is 52.5 Å². The summed E-state index contributed by atoms with van der Waals surface area (Å²) in [5.74, 6) is 0. The van der Waals surface area contributed by atoms with Gasteiger partial charge in [-0.3, -0.25) is 9.25 Å². The maximum atomic E-state index is 12.3. The van der Waals surface area contributed by atoms with Crippen molar-refractivity contribution in [2.24, 2.45) is 0 Å². The van der Waals surface area contributed by atoms with Gasteiger partial charge in [-0.15, -0.1) is 5.10 Å². The lowest BCUT2D eigenvalue weighted by atomic mass is 10.2. The van der Waals surface area contributed by atoms with Crippen molar-refractivity contribution in [1.29, 1.82) is 5.26 Å². The van der Waals surface area contributed by atoms with Gasteiger partial charge in [0.05, 0.1) is 31.1 Å². The molecule has 0 radical (unpaired) electrons. The van der Waals surface area contributed by atoms with Crippen LogP contribution < -0.4 is 0 Å². The molecule has 0 atom stereocenters. The zero-order chi connectivity index (χ0) is 16.3. The molecule has 0 aliphatic carbocycles. The van der Waals surface area contributed by atoms with E-state index in [1.807, 2.05) is 20.0 Å². The van der Waals surface area contributed by atoms with Crippen LogP contribution in [0.5, 0.6) is 0 Å². The highest BCUT2D eigenvalue weighted by molar-refractivity contribution is 7.53. The molecule has 0 unspecified atom stereocenters. The Hall–Kier alpha value is -1.22. The first kappa shape index (κ1) is 18.8. The zero-order valence-electron chi connectivity index (χ0n) is 13.4. The molecule has 0 spiro atoms. The predicted molar refractivity (Wildman–Crippen MR) is 83.5 cm³/mol. The number of rotatable bonds is 12. The summed E-state index contributed by atoms with van der Waals surface area (Å²) in [6.45, 7) is 5.16. The van der Waals surface area contributed by atoms with Gasteiger partial charge in [0.15, 0.2) is 0 Å². The number of aryl methyl sites for hydroxylation is 2. The molecule has 0 saturated heterocycles. The van der Waals surface area contributed by atoms with Crippen LogP contribution in [0.1, 0.15) is 45.2 Å². The van der Waals surface area contributed by atoms with E-state index in [2.05, 4.69) is 16.4 Å². The molecular formula is C14H25N4O3P. The molecule has 0 aliphatic rings. The standard InChI is InChI=1S/C14H25N4O3P/c1-3-20-22(19,21-4-2)12-8-9-14-13-18(17-16-14)11-7-5-6-10-15/h13H,3-9,11-12H2,1-2H3. The molecule has 0 N–H and O–H groups in total. The quantitative estimate of drug-likeness (QED) is 0.432. The Labute approximate surface area is 132 Å². The van der Waals surface area contributed by atoms with E-state index in [9.17, 15) is 4.57 Å². The van der Waals surface area contributed by atoms with E-state index in [0.29, 0.717) is 38.6 Å². The summed E-state index contributed by atoms with van der Waals surface area (Å²) in [5, 5.41) is 16.6. The van der Waals surface area contributed by atoms with Crippen LogP contribution in [0, 0.1) is 11.3 Å². The topological polar surface area (TPSA) is 90.0 Å². The summed E-state index contributed by atoms with van der Waals surface area (Å²) in [6, 6.07) is 2.13. The molecule has 0 aliphatic heterocycles. The SMILES string of the molecule is CCOP(=O)(CCCc1cn(CCCCC#N)nn1)OCC. The average molecular weight is 328 g/mol. The van der Waals surface area contributed by atoms with Gasteiger partial charge in [0.2, 0.25) is 0 Å². The molecule has 1 rings (SSSR count). The number of hydrogen-bond acceptors (Lipinski definition) is 6. The van der Waals surface area contributed by atoms with Gasteiger partial charge in [-0.1, -0.05) is 5.21 Å². The molecular weight excluding hydrogens is 303 g/mol. The normalized spacial score (nSPS) is 11.5. The molecule has 1 aromatic rings. The number of unbranched alkanes of at least 4 members (excludes halogenated alkanes) is 2. The number of nitriles is 1. The Balaban J connectivity index is 2.34. The van der Waals surface area contributed by atoms with Gasteiger partial charge in [0, 0.05) is 19.2 Å². The fourth-order valence-corrected chi connectivity index (χ4v) is 3.72. The highest BCUT2D eigenvalue weighted by atomic mass is 31.2. The van der Waals surface area contributed by atoms with Crippen molar-refractivity contribution in [3.63, 3.8) is 0 Å². The summed E-state index contributed by atoms with van der Waals surface area (Å²) in [4.78, 5) is 0. The molecule has 0 aromatic carbocycles. The van der Waals surface area contributed by atoms with Crippen LogP contribution in [-0.4, -0.2) is 34.4 Å². The minimum atomic E-state index is -2.96. The van der Waals surface area contributed by atoms with Crippen LogP contribution in [-0.2, 0) is 26.6 Å². The maximum absolute atomic E-state index is 12.3. The van der Waals surface area contributed by atoms with E-state index in [1.54, 1.807) is 4.68 Å². The minimum Gasteiger partial charge on any atom is -0.309 e. The van der Waals surface area contributed by atoms with E-state index in [1.165, 1.54) is 0 Å². The highest BCUT2D eigenvalue weighted by Crippen LogP contribution is 2.48. The predicted octanol–water partition coefficient (Wildman–Crippen LogP) is 3.17. The summed E-state index contributed by atoms with van der Waals surface area (Å²) < 4.78 is 24.6. The summed E-state index contributed by atoms with van der Waals surface area (Å²) in [6.07, 6.45) is 6.04. The third-order valence-electron chi connectivity index (χ3n) is 3.03. The van der Waals surface area contributed by atoms with Crippen molar-refractivity contribution in [3.8, 4) is 6.07 Å². The first-order chi connectivity index (χ1) is 10.6. The van der Waals surface area contributed by atoms with Gasteiger partial charge in [-0.05, 0) is 39.5 Å². The lowest BCUT2D eigenvalue weighted by molar-refractivity contribution is 0.220. The van der Waals surface area contributed by atoms with E-state index in [0.717, 1.165) is 25.1 Å². The molecule has 8 heteroatoms. The maximum Gasteiger partial charge on any atom is 0.330 e. The van der Waals surface area contributed by atoms with Gasteiger partial charge < -0.3 is 9.05 Å². The molecule has 0 bridgehead atoms. The molecule has 0 amide bonds. The van der Waals surface area contributed by atoms with Crippen LogP contribution in [0.2, 0.25) is 0 Å². The fraction of sp³-hybridized carbons (Fsp3) is 0.786. The molecule has 0 fully saturated rings. The van der Waals surface area contributed by atoms with Crippen molar-refractivity contribution in [3.05, 3.63) is 11.9 Å². The van der Waals surface area contributed by atoms with Crippen LogP contribution in [0.3, 0.4) is 0 Å². The molecule has 1 heterocycles.